The van der Waals surface area contributed by atoms with Gasteiger partial charge >= 0.3 is 5.63 Å². The summed E-state index contributed by atoms with van der Waals surface area (Å²) in [5, 5.41) is 13.1. The molecule has 0 saturated heterocycles. The van der Waals surface area contributed by atoms with Gasteiger partial charge in [-0.1, -0.05) is 11.6 Å². The first-order valence-corrected chi connectivity index (χ1v) is 9.90. The molecule has 26 heavy (non-hydrogen) atoms. The van der Waals surface area contributed by atoms with Crippen molar-refractivity contribution in [2.45, 2.75) is 26.3 Å². The second-order valence-electron chi connectivity index (χ2n) is 5.94. The summed E-state index contributed by atoms with van der Waals surface area (Å²) in [6.45, 7) is 3.13. The minimum Gasteiger partial charge on any atom is -0.482 e. The Morgan fingerprint density at radius 3 is 2.77 bits per heavy atom. The molecular weight excluding hydrogens is 378 g/mol. The lowest BCUT2D eigenvalue weighted by Gasteiger charge is -2.16. The Labute approximate surface area is 160 Å². The van der Waals surface area contributed by atoms with Gasteiger partial charge in [0, 0.05) is 17.0 Å². The molecule has 8 heteroatoms. The molecule has 0 aliphatic carbocycles. The van der Waals surface area contributed by atoms with Gasteiger partial charge in [-0.3, -0.25) is 4.79 Å². The van der Waals surface area contributed by atoms with Gasteiger partial charge in [0.2, 0.25) is 0 Å². The van der Waals surface area contributed by atoms with Crippen LogP contribution < -0.4 is 15.7 Å². The Bertz CT molecular complexity index is 852. The minimum atomic E-state index is -0.416. The number of aliphatic hydroxyl groups excluding tert-OH is 1. The molecule has 0 aliphatic rings. The van der Waals surface area contributed by atoms with E-state index in [1.54, 1.807) is 24.8 Å². The molecular formula is C18H22ClNO5S. The van der Waals surface area contributed by atoms with Gasteiger partial charge in [-0.05, 0) is 43.9 Å². The first-order chi connectivity index (χ1) is 12.4. The van der Waals surface area contributed by atoms with Crippen molar-refractivity contribution in [3.63, 3.8) is 0 Å². The van der Waals surface area contributed by atoms with E-state index in [-0.39, 0.29) is 30.9 Å². The Morgan fingerprint density at radius 2 is 2.12 bits per heavy atom. The predicted molar refractivity (Wildman–Crippen MR) is 104 cm³/mol. The van der Waals surface area contributed by atoms with Crippen LogP contribution in [0.15, 0.2) is 21.3 Å². The van der Waals surface area contributed by atoms with E-state index in [2.05, 4.69) is 5.32 Å². The third-order valence-electron chi connectivity index (χ3n) is 4.12. The first-order valence-electron chi connectivity index (χ1n) is 8.12. The zero-order chi connectivity index (χ0) is 19.3. The number of halogens is 1. The summed E-state index contributed by atoms with van der Waals surface area (Å²) in [6.07, 6.45) is 2.63. The van der Waals surface area contributed by atoms with Gasteiger partial charge in [0.15, 0.2) is 6.61 Å². The zero-order valence-corrected chi connectivity index (χ0v) is 16.5. The van der Waals surface area contributed by atoms with E-state index in [0.717, 1.165) is 16.7 Å². The van der Waals surface area contributed by atoms with Gasteiger partial charge in [0.05, 0.1) is 17.7 Å². The second kappa shape index (κ2) is 9.30. The van der Waals surface area contributed by atoms with Gasteiger partial charge in [-0.2, -0.15) is 11.8 Å². The third-order valence-corrected chi connectivity index (χ3v) is 5.06. The van der Waals surface area contributed by atoms with Crippen LogP contribution in [0.2, 0.25) is 5.02 Å². The molecule has 0 spiro atoms. The molecule has 6 nitrogen and oxygen atoms in total. The number of thioether (sulfide) groups is 1. The number of ether oxygens (including phenoxy) is 1. The number of amides is 1. The molecule has 0 radical (unpaired) electrons. The number of hydrogen-bond acceptors (Lipinski definition) is 6. The SMILES string of the molecule is CSCC[C@@H](CO)NC(=O)COc1cc2oc(=O)c(C)c(C)c2cc1Cl. The quantitative estimate of drug-likeness (QED) is 0.663. The lowest BCUT2D eigenvalue weighted by atomic mass is 10.1. The number of rotatable bonds is 8. The maximum absolute atomic E-state index is 12.0. The van der Waals surface area contributed by atoms with E-state index in [1.807, 2.05) is 13.2 Å². The number of aliphatic hydroxyl groups is 1. The fourth-order valence-corrected chi connectivity index (χ4v) is 3.17. The molecule has 2 aromatic rings. The van der Waals surface area contributed by atoms with Crippen LogP contribution in [0.25, 0.3) is 11.0 Å². The van der Waals surface area contributed by atoms with Crippen molar-refractivity contribution in [3.8, 4) is 5.75 Å². The van der Waals surface area contributed by atoms with Crippen molar-refractivity contribution in [2.24, 2.45) is 0 Å². The largest absolute Gasteiger partial charge is 0.482 e. The number of benzene rings is 1. The highest BCUT2D eigenvalue weighted by Crippen LogP contribution is 2.31. The van der Waals surface area contributed by atoms with E-state index >= 15 is 0 Å². The smallest absolute Gasteiger partial charge is 0.339 e. The Morgan fingerprint density at radius 1 is 1.38 bits per heavy atom. The molecule has 142 valence electrons. The van der Waals surface area contributed by atoms with Gasteiger partial charge in [0.25, 0.3) is 5.91 Å². The summed E-state index contributed by atoms with van der Waals surface area (Å²) in [4.78, 5) is 23.8. The second-order valence-corrected chi connectivity index (χ2v) is 7.33. The van der Waals surface area contributed by atoms with Crippen molar-refractivity contribution in [3.05, 3.63) is 38.7 Å². The van der Waals surface area contributed by atoms with E-state index in [1.165, 1.54) is 6.07 Å². The summed E-state index contributed by atoms with van der Waals surface area (Å²) < 4.78 is 10.7. The molecule has 0 fully saturated rings. The molecule has 1 amide bonds. The Balaban J connectivity index is 2.11. The van der Waals surface area contributed by atoms with Crippen LogP contribution in [-0.2, 0) is 4.79 Å². The normalized spacial score (nSPS) is 12.2. The summed E-state index contributed by atoms with van der Waals surface area (Å²) >= 11 is 7.87. The highest BCUT2D eigenvalue weighted by molar-refractivity contribution is 7.98. The molecule has 0 bridgehead atoms. The van der Waals surface area contributed by atoms with E-state index in [0.29, 0.717) is 22.6 Å². The van der Waals surface area contributed by atoms with Gasteiger partial charge < -0.3 is 19.6 Å². The van der Waals surface area contributed by atoms with Crippen molar-refractivity contribution in [1.29, 1.82) is 0 Å². The number of carbonyl (C=O) groups excluding carboxylic acids is 1. The van der Waals surface area contributed by atoms with Gasteiger partial charge in [0.1, 0.15) is 11.3 Å². The molecule has 1 heterocycles. The van der Waals surface area contributed by atoms with Crippen LogP contribution in [-0.4, -0.2) is 42.3 Å². The maximum Gasteiger partial charge on any atom is 0.339 e. The zero-order valence-electron chi connectivity index (χ0n) is 14.9. The van der Waals surface area contributed by atoms with Crippen molar-refractivity contribution >= 4 is 40.2 Å². The molecule has 2 rings (SSSR count). The van der Waals surface area contributed by atoms with Crippen LogP contribution in [0.5, 0.6) is 5.75 Å². The number of aryl methyl sites for hydroxylation is 1. The summed E-state index contributed by atoms with van der Waals surface area (Å²) in [7, 11) is 0. The van der Waals surface area contributed by atoms with E-state index < -0.39 is 5.63 Å². The summed E-state index contributed by atoms with van der Waals surface area (Å²) in [5.74, 6) is 0.731. The Hall–Kier alpha value is -1.70. The van der Waals surface area contributed by atoms with Crippen LogP contribution in [0.4, 0.5) is 0 Å². The standard InChI is InChI=1S/C18H22ClNO5S/c1-10-11(2)18(23)25-15-7-16(14(19)6-13(10)15)24-9-17(22)20-12(8-21)4-5-26-3/h6-7,12,21H,4-5,8-9H2,1-3H3,(H,20,22)/t12-/m0/s1. The average molecular weight is 400 g/mol. The van der Waals surface area contributed by atoms with Crippen LogP contribution in [0, 0.1) is 13.8 Å². The molecule has 0 aliphatic heterocycles. The van der Waals surface area contributed by atoms with Crippen LogP contribution in [0.3, 0.4) is 0 Å². The highest BCUT2D eigenvalue weighted by atomic mass is 35.5. The third kappa shape index (κ3) is 4.93. The fourth-order valence-electron chi connectivity index (χ4n) is 2.44. The number of hydrogen-bond donors (Lipinski definition) is 2. The van der Waals surface area contributed by atoms with Gasteiger partial charge in [-0.15, -0.1) is 0 Å². The molecule has 0 unspecified atom stereocenters. The molecule has 1 aromatic heterocycles. The number of carbonyl (C=O) groups is 1. The molecule has 0 saturated carbocycles. The van der Waals surface area contributed by atoms with Crippen LogP contribution in [0.1, 0.15) is 17.5 Å². The Kier molecular flexibility index (Phi) is 7.37. The van der Waals surface area contributed by atoms with E-state index in [9.17, 15) is 14.7 Å². The van der Waals surface area contributed by atoms with E-state index in [4.69, 9.17) is 20.8 Å². The van der Waals surface area contributed by atoms with Crippen molar-refractivity contribution < 1.29 is 19.1 Å². The lowest BCUT2D eigenvalue weighted by molar-refractivity contribution is -0.124. The maximum atomic E-state index is 12.0. The topological polar surface area (TPSA) is 88.8 Å². The average Bonchev–Trinajstić information content (AvgIpc) is 2.62. The summed E-state index contributed by atoms with van der Waals surface area (Å²) in [6, 6.07) is 2.86. The predicted octanol–water partition coefficient (Wildman–Crippen LogP) is 2.67. The molecule has 1 aromatic carbocycles. The van der Waals surface area contributed by atoms with Crippen molar-refractivity contribution in [1.82, 2.24) is 5.32 Å². The number of fused-ring (bicyclic) bond motifs is 1. The van der Waals surface area contributed by atoms with Crippen LogP contribution >= 0.6 is 23.4 Å². The van der Waals surface area contributed by atoms with Crippen molar-refractivity contribution in [2.75, 3.05) is 25.2 Å². The number of nitrogens with one attached hydrogen (secondary N) is 1. The molecule has 2 N–H and O–H groups in total. The monoisotopic (exact) mass is 399 g/mol. The lowest BCUT2D eigenvalue weighted by Crippen LogP contribution is -2.40. The minimum absolute atomic E-state index is 0.132. The van der Waals surface area contributed by atoms with Gasteiger partial charge in [-0.25, -0.2) is 4.79 Å². The summed E-state index contributed by atoms with van der Waals surface area (Å²) in [5.41, 5.74) is 1.26. The fraction of sp³-hybridized carbons (Fsp3) is 0.444. The first kappa shape index (κ1) is 20.6. The highest BCUT2D eigenvalue weighted by Gasteiger charge is 2.15. The molecule has 1 atom stereocenters.